The zero-order valence-electron chi connectivity index (χ0n) is 15.0. The Labute approximate surface area is 164 Å². The average Bonchev–Trinajstić information content (AvgIpc) is 2.27. The molecular formula is C17H26Li2S2. The minimum atomic E-state index is 0. The van der Waals surface area contributed by atoms with Gasteiger partial charge in [0.2, 0.25) is 0 Å². The molecule has 1 aromatic rings. The fourth-order valence-corrected chi connectivity index (χ4v) is 4.86. The molecule has 0 atom stereocenters. The first kappa shape index (κ1) is 24.4. The van der Waals surface area contributed by atoms with E-state index >= 15 is 0 Å². The van der Waals surface area contributed by atoms with E-state index in [2.05, 4.69) is 65.8 Å². The Balaban J connectivity index is 0. The van der Waals surface area contributed by atoms with Crippen LogP contribution in [0.2, 0.25) is 0 Å². The standard InChI is InChI=1S/C17H26S2.2Li/c1-7-18-15(19-16(2,3)4)17(5,6)13-14-11-9-8-10-12-14;;/h8-9,11-12H,7,13H2,1-6H3;;/q-2;2*+1. The van der Waals surface area contributed by atoms with Gasteiger partial charge in [0.25, 0.3) is 0 Å². The Morgan fingerprint density at radius 1 is 1.14 bits per heavy atom. The van der Waals surface area contributed by atoms with Gasteiger partial charge in [-0.3, -0.25) is 0 Å². The largest absolute Gasteiger partial charge is 1.00 e. The third-order valence-electron chi connectivity index (χ3n) is 2.64. The van der Waals surface area contributed by atoms with Crippen LogP contribution >= 0.6 is 23.5 Å². The molecule has 0 saturated heterocycles. The number of rotatable bonds is 6. The van der Waals surface area contributed by atoms with Crippen LogP contribution in [0.1, 0.15) is 47.1 Å². The Morgan fingerprint density at radius 3 is 2.19 bits per heavy atom. The number of thioether (sulfide) groups is 2. The van der Waals surface area contributed by atoms with E-state index in [-0.39, 0.29) is 47.9 Å². The van der Waals surface area contributed by atoms with Crippen molar-refractivity contribution in [2.24, 2.45) is 5.41 Å². The maximum Gasteiger partial charge on any atom is 1.00 e. The third-order valence-corrected chi connectivity index (χ3v) is 5.70. The summed E-state index contributed by atoms with van der Waals surface area (Å²) in [5.41, 5.74) is 1.57. The summed E-state index contributed by atoms with van der Waals surface area (Å²) in [5, 5.41) is 0. The van der Waals surface area contributed by atoms with E-state index in [0.717, 1.165) is 12.2 Å². The first-order valence-electron chi connectivity index (χ1n) is 6.89. The SMILES string of the molecule is CCS[C-](SC(C)(C)C)C(C)(C)Cc1c[c-]ccc1.[Li+].[Li+]. The summed E-state index contributed by atoms with van der Waals surface area (Å²) in [4.78, 5) is 0. The van der Waals surface area contributed by atoms with E-state index in [0.29, 0.717) is 0 Å². The molecule has 0 saturated carbocycles. The summed E-state index contributed by atoms with van der Waals surface area (Å²) in [7, 11) is 0. The van der Waals surface area contributed by atoms with Crippen LogP contribution < -0.4 is 37.7 Å². The van der Waals surface area contributed by atoms with Gasteiger partial charge in [0.1, 0.15) is 0 Å². The maximum absolute atomic E-state index is 3.18. The molecule has 4 heteroatoms. The van der Waals surface area contributed by atoms with Crippen LogP contribution in [-0.4, -0.2) is 10.5 Å². The number of hydrogen-bond acceptors (Lipinski definition) is 2. The van der Waals surface area contributed by atoms with Gasteiger partial charge in [-0.1, -0.05) is 48.0 Å². The van der Waals surface area contributed by atoms with Crippen LogP contribution in [0, 0.1) is 16.1 Å². The first-order valence-corrected chi connectivity index (χ1v) is 8.69. The molecule has 0 aliphatic heterocycles. The Morgan fingerprint density at radius 2 is 1.76 bits per heavy atom. The molecular weight excluding hydrogens is 282 g/mol. The first-order chi connectivity index (χ1) is 8.74. The second-order valence-corrected chi connectivity index (χ2v) is 9.78. The van der Waals surface area contributed by atoms with Gasteiger partial charge in [-0.25, -0.2) is 0 Å². The molecule has 0 fully saturated rings. The van der Waals surface area contributed by atoms with Crippen molar-refractivity contribution in [1.82, 2.24) is 0 Å². The predicted octanol–water partition coefficient (Wildman–Crippen LogP) is -0.162. The minimum absolute atomic E-state index is 0. The van der Waals surface area contributed by atoms with Gasteiger partial charge in [-0.15, -0.1) is 5.41 Å². The molecule has 0 spiro atoms. The molecule has 0 aromatic heterocycles. The van der Waals surface area contributed by atoms with E-state index < -0.39 is 0 Å². The summed E-state index contributed by atoms with van der Waals surface area (Å²) in [5.74, 6) is 1.14. The summed E-state index contributed by atoms with van der Waals surface area (Å²) >= 11 is 4.02. The second-order valence-electron chi connectivity index (χ2n) is 6.41. The number of hydrogen-bond donors (Lipinski definition) is 0. The topological polar surface area (TPSA) is 0 Å². The van der Waals surface area contributed by atoms with Crippen LogP contribution in [0.15, 0.2) is 24.3 Å². The second kappa shape index (κ2) is 10.8. The van der Waals surface area contributed by atoms with Crippen molar-refractivity contribution in [3.05, 3.63) is 40.5 Å². The van der Waals surface area contributed by atoms with Gasteiger partial charge >= 0.3 is 37.7 Å². The van der Waals surface area contributed by atoms with E-state index in [1.165, 1.54) is 5.56 Å². The summed E-state index contributed by atoms with van der Waals surface area (Å²) in [6.07, 6.45) is 1.08. The zero-order valence-corrected chi connectivity index (χ0v) is 16.7. The fourth-order valence-electron chi connectivity index (χ4n) is 1.90. The van der Waals surface area contributed by atoms with Crippen molar-refractivity contribution in [2.75, 3.05) is 5.75 Å². The van der Waals surface area contributed by atoms with Crippen LogP contribution in [0.3, 0.4) is 0 Å². The molecule has 0 aliphatic carbocycles. The minimum Gasteiger partial charge on any atom is -0.337 e. The quantitative estimate of drug-likeness (QED) is 0.529. The van der Waals surface area contributed by atoms with Crippen LogP contribution in [-0.2, 0) is 6.42 Å². The molecule has 1 aromatic carbocycles. The van der Waals surface area contributed by atoms with Crippen LogP contribution in [0.4, 0.5) is 0 Å². The zero-order chi connectivity index (χ0) is 14.5. The van der Waals surface area contributed by atoms with Crippen molar-refractivity contribution in [1.29, 1.82) is 0 Å². The molecule has 108 valence electrons. The van der Waals surface area contributed by atoms with Gasteiger partial charge in [-0.05, 0) is 10.5 Å². The molecule has 0 heterocycles. The molecule has 0 radical (unpaired) electrons. The molecule has 0 N–H and O–H groups in total. The molecule has 0 bridgehead atoms. The Bertz CT molecular complexity index is 372. The van der Waals surface area contributed by atoms with Crippen LogP contribution in [0.25, 0.3) is 0 Å². The predicted molar refractivity (Wildman–Crippen MR) is 91.5 cm³/mol. The molecule has 0 nitrogen and oxygen atoms in total. The molecule has 21 heavy (non-hydrogen) atoms. The fraction of sp³-hybridized carbons (Fsp3) is 0.588. The summed E-state index contributed by atoms with van der Waals surface area (Å²) < 4.78 is 1.82. The van der Waals surface area contributed by atoms with Gasteiger partial charge in [-0.2, -0.15) is 40.5 Å². The summed E-state index contributed by atoms with van der Waals surface area (Å²) in [6.45, 7) is 13.8. The maximum atomic E-state index is 3.18. The van der Waals surface area contributed by atoms with Crippen molar-refractivity contribution < 1.29 is 37.7 Å². The number of benzene rings is 1. The van der Waals surface area contributed by atoms with E-state index in [4.69, 9.17) is 0 Å². The Hall–Kier alpha value is 1.11. The van der Waals surface area contributed by atoms with E-state index in [1.807, 2.05) is 29.6 Å². The van der Waals surface area contributed by atoms with E-state index in [9.17, 15) is 0 Å². The molecule has 0 aliphatic rings. The Kier molecular flexibility index (Phi) is 12.5. The van der Waals surface area contributed by atoms with Crippen molar-refractivity contribution in [3.8, 4) is 0 Å². The monoisotopic (exact) mass is 308 g/mol. The normalized spacial score (nSPS) is 11.8. The van der Waals surface area contributed by atoms with Gasteiger partial charge in [0.05, 0.1) is 0 Å². The third kappa shape index (κ3) is 9.76. The molecule has 1 rings (SSSR count). The smallest absolute Gasteiger partial charge is 0.337 e. The summed E-state index contributed by atoms with van der Waals surface area (Å²) in [6, 6.07) is 11.5. The van der Waals surface area contributed by atoms with Crippen molar-refractivity contribution in [3.63, 3.8) is 0 Å². The van der Waals surface area contributed by atoms with E-state index in [1.54, 1.807) is 4.58 Å². The molecule has 0 unspecified atom stereocenters. The molecule has 0 amide bonds. The van der Waals surface area contributed by atoms with Gasteiger partial charge in [0, 0.05) is 0 Å². The van der Waals surface area contributed by atoms with Crippen molar-refractivity contribution in [2.45, 2.75) is 52.7 Å². The van der Waals surface area contributed by atoms with Gasteiger partial charge < -0.3 is 23.5 Å². The van der Waals surface area contributed by atoms with Crippen molar-refractivity contribution >= 4 is 23.5 Å². The van der Waals surface area contributed by atoms with Gasteiger partial charge in [0.15, 0.2) is 0 Å². The average molecular weight is 308 g/mol. The van der Waals surface area contributed by atoms with Crippen LogP contribution in [0.5, 0.6) is 0 Å².